The number of nitrogens with one attached hydrogen (secondary N) is 1. The Morgan fingerprint density at radius 3 is 2.30 bits per heavy atom. The van der Waals surface area contributed by atoms with Crippen molar-refractivity contribution >= 4 is 23.3 Å². The van der Waals surface area contributed by atoms with E-state index in [0.29, 0.717) is 11.1 Å². The number of carbonyl (C=O) groups excluding carboxylic acids is 2. The van der Waals surface area contributed by atoms with Crippen LogP contribution in [-0.4, -0.2) is 79.7 Å². The summed E-state index contributed by atoms with van der Waals surface area (Å²) in [6.07, 6.45) is 0. The maximum absolute atomic E-state index is 12.9. The Morgan fingerprint density at radius 2 is 1.67 bits per heavy atom. The zero-order valence-corrected chi connectivity index (χ0v) is 17.6. The Hall–Kier alpha value is -3.19. The van der Waals surface area contributed by atoms with Gasteiger partial charge < -0.3 is 9.80 Å². The summed E-state index contributed by atoms with van der Waals surface area (Å²) >= 11 is 0. The van der Waals surface area contributed by atoms with E-state index in [1.807, 2.05) is 48.5 Å². The van der Waals surface area contributed by atoms with Crippen LogP contribution in [0.15, 0.2) is 48.5 Å². The Morgan fingerprint density at radius 1 is 1.00 bits per heavy atom. The Labute approximate surface area is 177 Å². The third-order valence-corrected chi connectivity index (χ3v) is 5.96. The average molecular weight is 406 g/mol. The fourth-order valence-corrected chi connectivity index (χ4v) is 4.20. The molecule has 30 heavy (non-hydrogen) atoms. The molecule has 0 spiro atoms. The topological polar surface area (TPSA) is 71.0 Å². The lowest BCUT2D eigenvalue weighted by Gasteiger charge is -2.40. The second-order valence-corrected chi connectivity index (χ2v) is 8.01. The second-order valence-electron chi connectivity index (χ2n) is 8.01. The van der Waals surface area contributed by atoms with Gasteiger partial charge in [-0.25, -0.2) is 0 Å². The smallest absolute Gasteiger partial charge is 0.259 e. The van der Waals surface area contributed by atoms with Gasteiger partial charge in [0.25, 0.3) is 5.91 Å². The van der Waals surface area contributed by atoms with Crippen LogP contribution >= 0.6 is 0 Å². The Bertz CT molecular complexity index is 980. The minimum Gasteiger partial charge on any atom is -0.369 e. The van der Waals surface area contributed by atoms with Crippen molar-refractivity contribution in [3.8, 4) is 0 Å². The molecule has 1 atom stereocenters. The zero-order chi connectivity index (χ0) is 21.4. The molecule has 156 valence electrons. The number of piperazine rings is 1. The largest absolute Gasteiger partial charge is 0.369 e. The van der Waals surface area contributed by atoms with Crippen LogP contribution in [-0.2, 0) is 4.79 Å². The molecule has 0 radical (unpaired) electrons. The van der Waals surface area contributed by atoms with Crippen LogP contribution in [0.1, 0.15) is 27.5 Å². The third-order valence-electron chi connectivity index (χ3n) is 5.96. The lowest BCUT2D eigenvalue weighted by Crippen LogP contribution is -2.51. The van der Waals surface area contributed by atoms with Crippen molar-refractivity contribution < 1.29 is 9.59 Å². The van der Waals surface area contributed by atoms with Crippen LogP contribution in [0.2, 0.25) is 0 Å². The van der Waals surface area contributed by atoms with Crippen molar-refractivity contribution in [2.45, 2.75) is 6.04 Å². The molecule has 2 aliphatic heterocycles. The molecule has 0 aromatic heterocycles. The van der Waals surface area contributed by atoms with Gasteiger partial charge in [0.05, 0.1) is 5.56 Å². The molecule has 0 saturated carbocycles. The molecule has 2 aromatic rings. The van der Waals surface area contributed by atoms with Gasteiger partial charge in [-0.05, 0) is 23.8 Å². The fraction of sp³-hybridized carbons (Fsp3) is 0.348. The predicted molar refractivity (Wildman–Crippen MR) is 117 cm³/mol. The Kier molecular flexibility index (Phi) is 5.30. The van der Waals surface area contributed by atoms with Gasteiger partial charge in [0, 0.05) is 58.6 Å². The number of hydrogen-bond acceptors (Lipinski definition) is 5. The number of carbonyl (C=O) groups is 2. The van der Waals surface area contributed by atoms with E-state index in [0.717, 1.165) is 37.4 Å². The van der Waals surface area contributed by atoms with Crippen molar-refractivity contribution in [1.29, 1.82) is 5.41 Å². The highest BCUT2D eigenvalue weighted by molar-refractivity contribution is 6.22. The highest BCUT2D eigenvalue weighted by Gasteiger charge is 2.33. The van der Waals surface area contributed by atoms with Gasteiger partial charge in [0.15, 0.2) is 0 Å². The molecule has 2 aromatic carbocycles. The molecule has 2 heterocycles. The highest BCUT2D eigenvalue weighted by atomic mass is 16.2. The SMILES string of the molecule is CN(C)C(=O)C(c1ccccc1)N1CCN(c2ccc3c(c2)C(=O)N(C)C3=N)CC1. The number of benzene rings is 2. The summed E-state index contributed by atoms with van der Waals surface area (Å²) in [5.41, 5.74) is 3.27. The highest BCUT2D eigenvalue weighted by Crippen LogP contribution is 2.29. The summed E-state index contributed by atoms with van der Waals surface area (Å²) in [5, 5.41) is 8.06. The predicted octanol–water partition coefficient (Wildman–Crippen LogP) is 2.05. The lowest BCUT2D eigenvalue weighted by atomic mass is 10.0. The maximum Gasteiger partial charge on any atom is 0.259 e. The van der Waals surface area contributed by atoms with E-state index in [-0.39, 0.29) is 23.7 Å². The number of rotatable bonds is 4. The molecular weight excluding hydrogens is 378 g/mol. The van der Waals surface area contributed by atoms with Crippen LogP contribution < -0.4 is 4.90 Å². The van der Waals surface area contributed by atoms with Crippen molar-refractivity contribution in [1.82, 2.24) is 14.7 Å². The van der Waals surface area contributed by atoms with Crippen LogP contribution in [0, 0.1) is 5.41 Å². The number of fused-ring (bicyclic) bond motifs is 1. The molecule has 0 aliphatic carbocycles. The first-order valence-corrected chi connectivity index (χ1v) is 10.1. The first-order chi connectivity index (χ1) is 14.4. The molecule has 4 rings (SSSR count). The summed E-state index contributed by atoms with van der Waals surface area (Å²) in [6.45, 7) is 3.04. The average Bonchev–Trinajstić information content (AvgIpc) is 2.98. The first kappa shape index (κ1) is 20.1. The molecule has 0 bridgehead atoms. The zero-order valence-electron chi connectivity index (χ0n) is 17.6. The third kappa shape index (κ3) is 3.45. The number of amides is 2. The summed E-state index contributed by atoms with van der Waals surface area (Å²) in [4.78, 5) is 32.8. The first-order valence-electron chi connectivity index (χ1n) is 10.1. The summed E-state index contributed by atoms with van der Waals surface area (Å²) in [6, 6.07) is 15.4. The Balaban J connectivity index is 1.51. The monoisotopic (exact) mass is 405 g/mol. The maximum atomic E-state index is 12.9. The normalized spacial score (nSPS) is 17.8. The van der Waals surface area contributed by atoms with Gasteiger partial charge in [-0.1, -0.05) is 30.3 Å². The van der Waals surface area contributed by atoms with Gasteiger partial charge in [-0.15, -0.1) is 0 Å². The fourth-order valence-electron chi connectivity index (χ4n) is 4.20. The second kappa shape index (κ2) is 7.91. The van der Waals surface area contributed by atoms with Crippen molar-refractivity contribution in [2.24, 2.45) is 0 Å². The van der Waals surface area contributed by atoms with Gasteiger partial charge in [0.2, 0.25) is 5.91 Å². The van der Waals surface area contributed by atoms with E-state index in [9.17, 15) is 9.59 Å². The minimum atomic E-state index is -0.293. The van der Waals surface area contributed by atoms with Crippen LogP contribution in [0.4, 0.5) is 5.69 Å². The van der Waals surface area contributed by atoms with Crippen molar-refractivity contribution in [2.75, 3.05) is 52.2 Å². The molecule has 1 unspecified atom stereocenters. The molecular formula is C23H27N5O2. The number of anilines is 1. The number of nitrogens with zero attached hydrogens (tertiary/aromatic N) is 4. The summed E-state index contributed by atoms with van der Waals surface area (Å²) in [5.74, 6) is 0.204. The van der Waals surface area contributed by atoms with E-state index in [1.54, 1.807) is 26.0 Å². The molecule has 1 fully saturated rings. The van der Waals surface area contributed by atoms with Crippen molar-refractivity contribution in [3.05, 3.63) is 65.2 Å². The molecule has 1 saturated heterocycles. The number of amidine groups is 1. The van der Waals surface area contributed by atoms with Crippen LogP contribution in [0.5, 0.6) is 0 Å². The van der Waals surface area contributed by atoms with E-state index in [4.69, 9.17) is 5.41 Å². The van der Waals surface area contributed by atoms with E-state index in [2.05, 4.69) is 9.80 Å². The molecule has 1 N–H and O–H groups in total. The molecule has 7 heteroatoms. The lowest BCUT2D eigenvalue weighted by molar-refractivity contribution is -0.134. The molecule has 2 amide bonds. The quantitative estimate of drug-likeness (QED) is 0.845. The van der Waals surface area contributed by atoms with E-state index >= 15 is 0 Å². The van der Waals surface area contributed by atoms with E-state index < -0.39 is 0 Å². The summed E-state index contributed by atoms with van der Waals surface area (Å²) in [7, 11) is 5.23. The molecule has 2 aliphatic rings. The molecule has 7 nitrogen and oxygen atoms in total. The minimum absolute atomic E-state index is 0.0827. The number of hydrogen-bond donors (Lipinski definition) is 1. The van der Waals surface area contributed by atoms with Gasteiger partial charge in [0.1, 0.15) is 11.9 Å². The summed E-state index contributed by atoms with van der Waals surface area (Å²) < 4.78 is 0. The van der Waals surface area contributed by atoms with Gasteiger partial charge >= 0.3 is 0 Å². The van der Waals surface area contributed by atoms with Gasteiger partial charge in [-0.3, -0.25) is 24.8 Å². The van der Waals surface area contributed by atoms with E-state index in [1.165, 1.54) is 4.90 Å². The van der Waals surface area contributed by atoms with Crippen molar-refractivity contribution in [3.63, 3.8) is 0 Å². The van der Waals surface area contributed by atoms with Gasteiger partial charge in [-0.2, -0.15) is 0 Å². The van der Waals surface area contributed by atoms with Crippen LogP contribution in [0.25, 0.3) is 0 Å². The van der Waals surface area contributed by atoms with Crippen LogP contribution in [0.3, 0.4) is 0 Å². The number of likely N-dealkylation sites (N-methyl/N-ethyl adjacent to an activating group) is 1. The standard InChI is InChI=1S/C23H27N5O2/c1-25(2)23(30)20(16-7-5-4-6-8-16)28-13-11-27(12-14-28)17-9-10-18-19(15-17)22(29)26(3)21(18)24/h4-10,15,20,24H,11-14H2,1-3H3.